The molecule has 2 fully saturated rings. The van der Waals surface area contributed by atoms with E-state index in [0.717, 1.165) is 11.8 Å². The highest BCUT2D eigenvalue weighted by molar-refractivity contribution is 6.00. The number of aliphatic hydroxyl groups is 1. The van der Waals surface area contributed by atoms with Crippen LogP contribution in [0.25, 0.3) is 0 Å². The van der Waals surface area contributed by atoms with Crippen LogP contribution in [0.2, 0.25) is 0 Å². The number of nitrogens with zero attached hydrogens (tertiary/aromatic N) is 1. The molecule has 0 bridgehead atoms. The summed E-state index contributed by atoms with van der Waals surface area (Å²) < 4.78 is 0. The molecule has 1 aromatic rings. The first-order valence-corrected chi connectivity index (χ1v) is 16.0. The first kappa shape index (κ1) is 38.4. The van der Waals surface area contributed by atoms with Crippen LogP contribution in [0.15, 0.2) is 30.3 Å². The maximum Gasteiger partial charge on any atom is 0.305 e. The summed E-state index contributed by atoms with van der Waals surface area (Å²) in [5, 5.41) is 41.4. The highest BCUT2D eigenvalue weighted by Gasteiger charge is 2.41. The molecule has 2 saturated heterocycles. The number of aliphatic hydroxyl groups excluding tert-OH is 1. The average molecular weight is 689 g/mol. The van der Waals surface area contributed by atoms with Gasteiger partial charge in [-0.25, -0.2) is 0 Å². The highest BCUT2D eigenvalue weighted by Crippen LogP contribution is 2.20. The summed E-state index contributed by atoms with van der Waals surface area (Å²) in [6.45, 7) is 4.69. The van der Waals surface area contributed by atoms with Crippen LogP contribution in [0.3, 0.4) is 0 Å². The molecule has 0 aliphatic carbocycles. The average Bonchev–Trinajstić information content (AvgIpc) is 3.51. The predicted octanol–water partition coefficient (Wildman–Crippen LogP) is -1.97. The lowest BCUT2D eigenvalue weighted by atomic mass is 10.00. The SMILES string of the molecule is CC(C)C[C@@H]1NC(=O)[C@H](Cc2ccccc2)NC(=O)[C@H]2CCCN2C(=O)[C@H](CC(=O)O)NC(=O)[C@H]([C@@H](C)O)NC(=O)[C@H](CC(=O)O)NC1=O. The summed E-state index contributed by atoms with van der Waals surface area (Å²) in [7, 11) is 0. The molecule has 1 aromatic carbocycles. The first-order chi connectivity index (χ1) is 23.1. The van der Waals surface area contributed by atoms with Crippen LogP contribution in [0.4, 0.5) is 0 Å². The number of aliphatic carboxylic acids is 2. The van der Waals surface area contributed by atoms with Crippen molar-refractivity contribution in [3.05, 3.63) is 35.9 Å². The number of amides is 6. The molecule has 2 heterocycles. The van der Waals surface area contributed by atoms with Gasteiger partial charge in [0.2, 0.25) is 35.4 Å². The first-order valence-electron chi connectivity index (χ1n) is 16.0. The van der Waals surface area contributed by atoms with Gasteiger partial charge in [-0.3, -0.25) is 38.4 Å². The number of benzene rings is 1. The number of carbonyl (C=O) groups is 8. The standard InChI is InChI=1S/C32H44N6O11/c1-16(2)12-19-27(44)34-21(14-24(40)41)29(46)37-26(17(3)39)31(48)36-22(15-25(42)43)32(49)38-11-7-10-23(38)30(47)35-20(28(45)33-19)13-18-8-5-4-6-9-18/h4-6,8-9,16-17,19-23,26,39H,7,10-15H2,1-3H3,(H,33,45)(H,34,44)(H,35,47)(H,36,48)(H,37,46)(H,40,41)(H,42,43)/t17-,19+,20+,21+,22+,23-,26+/m1/s1. The predicted molar refractivity (Wildman–Crippen MR) is 170 cm³/mol. The van der Waals surface area contributed by atoms with Crippen molar-refractivity contribution in [3.63, 3.8) is 0 Å². The molecule has 0 aromatic heterocycles. The maximum absolute atomic E-state index is 13.8. The van der Waals surface area contributed by atoms with Gasteiger partial charge in [0, 0.05) is 13.0 Å². The van der Waals surface area contributed by atoms with E-state index in [1.54, 1.807) is 44.2 Å². The summed E-state index contributed by atoms with van der Waals surface area (Å²) in [4.78, 5) is 106. The minimum Gasteiger partial charge on any atom is -0.481 e. The number of hydrogen-bond donors (Lipinski definition) is 8. The molecule has 8 N–H and O–H groups in total. The molecule has 0 saturated carbocycles. The van der Waals surface area contributed by atoms with Crippen molar-refractivity contribution < 1.29 is 53.7 Å². The minimum absolute atomic E-state index is 0.0163. The second kappa shape index (κ2) is 17.4. The van der Waals surface area contributed by atoms with E-state index in [1.807, 2.05) is 0 Å². The van der Waals surface area contributed by atoms with Crippen LogP contribution < -0.4 is 26.6 Å². The van der Waals surface area contributed by atoms with E-state index in [-0.39, 0.29) is 31.7 Å². The van der Waals surface area contributed by atoms with Gasteiger partial charge in [-0.15, -0.1) is 0 Å². The van der Waals surface area contributed by atoms with Gasteiger partial charge >= 0.3 is 11.9 Å². The number of fused-ring (bicyclic) bond motifs is 1. The normalized spacial score (nSPS) is 26.7. The zero-order valence-corrected chi connectivity index (χ0v) is 27.5. The summed E-state index contributed by atoms with van der Waals surface area (Å²) >= 11 is 0. The van der Waals surface area contributed by atoms with Gasteiger partial charge in [-0.1, -0.05) is 44.2 Å². The fourth-order valence-electron chi connectivity index (χ4n) is 5.76. The van der Waals surface area contributed by atoms with Gasteiger partial charge in [0.15, 0.2) is 0 Å². The van der Waals surface area contributed by atoms with Crippen molar-refractivity contribution in [1.82, 2.24) is 31.5 Å². The van der Waals surface area contributed by atoms with Crippen LogP contribution in [0, 0.1) is 5.92 Å². The lowest BCUT2D eigenvalue weighted by Gasteiger charge is -2.31. The van der Waals surface area contributed by atoms with Gasteiger partial charge in [0.1, 0.15) is 36.3 Å². The van der Waals surface area contributed by atoms with Crippen molar-refractivity contribution in [3.8, 4) is 0 Å². The Morgan fingerprint density at radius 2 is 1.27 bits per heavy atom. The largest absolute Gasteiger partial charge is 0.481 e. The summed E-state index contributed by atoms with van der Waals surface area (Å²) in [6.07, 6.45) is -2.93. The number of carboxylic acids is 2. The Morgan fingerprint density at radius 3 is 1.86 bits per heavy atom. The molecule has 6 amide bonds. The lowest BCUT2D eigenvalue weighted by molar-refractivity contribution is -0.147. The molecule has 17 nitrogen and oxygen atoms in total. The van der Waals surface area contributed by atoms with Crippen molar-refractivity contribution >= 4 is 47.4 Å². The van der Waals surface area contributed by atoms with Gasteiger partial charge < -0.3 is 46.8 Å². The number of nitrogens with one attached hydrogen (secondary N) is 5. The molecular formula is C32H44N6O11. The fraction of sp³-hybridized carbons (Fsp3) is 0.562. The van der Waals surface area contributed by atoms with Crippen molar-refractivity contribution in [2.75, 3.05) is 6.54 Å². The Labute approximate surface area is 282 Å². The Morgan fingerprint density at radius 1 is 0.735 bits per heavy atom. The molecule has 2 aliphatic rings. The Kier molecular flexibility index (Phi) is 13.6. The molecule has 268 valence electrons. The monoisotopic (exact) mass is 688 g/mol. The summed E-state index contributed by atoms with van der Waals surface area (Å²) in [5.41, 5.74) is 0.657. The third-order valence-corrected chi connectivity index (χ3v) is 8.16. The fourth-order valence-corrected chi connectivity index (χ4v) is 5.76. The zero-order valence-electron chi connectivity index (χ0n) is 27.5. The van der Waals surface area contributed by atoms with E-state index in [1.165, 1.54) is 0 Å². The summed E-state index contributed by atoms with van der Waals surface area (Å²) in [6, 6.07) is -0.337. The van der Waals surface area contributed by atoms with Crippen molar-refractivity contribution in [2.24, 2.45) is 5.92 Å². The molecular weight excluding hydrogens is 644 g/mol. The highest BCUT2D eigenvalue weighted by atomic mass is 16.4. The maximum atomic E-state index is 13.8. The number of rotatable bonds is 9. The van der Waals surface area contributed by atoms with E-state index in [4.69, 9.17) is 0 Å². The molecule has 0 radical (unpaired) electrons. The third-order valence-electron chi connectivity index (χ3n) is 8.16. The number of carbonyl (C=O) groups excluding carboxylic acids is 6. The molecule has 0 unspecified atom stereocenters. The second-order valence-electron chi connectivity index (χ2n) is 12.7. The van der Waals surface area contributed by atoms with Crippen LogP contribution in [-0.4, -0.2) is 117 Å². The van der Waals surface area contributed by atoms with Crippen LogP contribution in [0.1, 0.15) is 58.4 Å². The summed E-state index contributed by atoms with van der Waals surface area (Å²) in [5.74, 6) is -8.81. The molecule has 49 heavy (non-hydrogen) atoms. The van der Waals surface area contributed by atoms with Gasteiger partial charge in [-0.05, 0) is 37.7 Å². The van der Waals surface area contributed by atoms with E-state index in [9.17, 15) is 53.7 Å². The zero-order chi connectivity index (χ0) is 36.4. The van der Waals surface area contributed by atoms with E-state index >= 15 is 0 Å². The van der Waals surface area contributed by atoms with Crippen LogP contribution in [-0.2, 0) is 44.8 Å². The van der Waals surface area contributed by atoms with Crippen molar-refractivity contribution in [2.45, 2.75) is 102 Å². The lowest BCUT2D eigenvalue weighted by Crippen LogP contribution is -2.63. The molecule has 0 spiro atoms. The molecule has 2 aliphatic heterocycles. The van der Waals surface area contributed by atoms with E-state index in [0.29, 0.717) is 12.0 Å². The Hall–Kier alpha value is -5.06. The molecule has 7 atom stereocenters. The minimum atomic E-state index is -1.81. The smallest absolute Gasteiger partial charge is 0.305 e. The Bertz CT molecular complexity index is 1420. The van der Waals surface area contributed by atoms with Gasteiger partial charge in [0.25, 0.3) is 0 Å². The topological polar surface area (TPSA) is 261 Å². The van der Waals surface area contributed by atoms with Crippen LogP contribution in [0.5, 0.6) is 0 Å². The number of carboxylic acid groups (broad SMARTS) is 2. The van der Waals surface area contributed by atoms with Gasteiger partial charge in [-0.2, -0.15) is 0 Å². The molecule has 3 rings (SSSR count). The van der Waals surface area contributed by atoms with E-state index < -0.39 is 103 Å². The number of hydrogen-bond acceptors (Lipinski definition) is 9. The third kappa shape index (κ3) is 11.0. The van der Waals surface area contributed by atoms with E-state index in [2.05, 4.69) is 26.6 Å². The van der Waals surface area contributed by atoms with Crippen molar-refractivity contribution in [1.29, 1.82) is 0 Å². The Balaban J connectivity index is 2.10. The second-order valence-corrected chi connectivity index (χ2v) is 12.7. The quantitative estimate of drug-likeness (QED) is 0.141. The molecule has 17 heteroatoms. The van der Waals surface area contributed by atoms with Gasteiger partial charge in [0.05, 0.1) is 18.9 Å². The van der Waals surface area contributed by atoms with Crippen LogP contribution >= 0.6 is 0 Å².